The lowest BCUT2D eigenvalue weighted by atomic mass is 9.90. The topological polar surface area (TPSA) is 36.9 Å². The molecule has 1 aromatic heterocycles. The summed E-state index contributed by atoms with van der Waals surface area (Å²) in [6, 6.07) is 16.2. The molecule has 0 aliphatic heterocycles. The molecule has 3 aromatic rings. The number of hydrogen-bond donors (Lipinski definition) is 0. The van der Waals surface area contributed by atoms with Gasteiger partial charge in [0.1, 0.15) is 11.5 Å². The summed E-state index contributed by atoms with van der Waals surface area (Å²) in [5.74, 6) is 1.76. The SMILES string of the molecule is Cc1ccc2c(-c3ccccc3C#N)oc(C(C)(C)C)c2c1. The Kier molecular flexibility index (Phi) is 3.30. The smallest absolute Gasteiger partial charge is 0.143 e. The molecule has 0 fully saturated rings. The maximum Gasteiger partial charge on any atom is 0.143 e. The zero-order chi connectivity index (χ0) is 15.9. The van der Waals surface area contributed by atoms with Crippen molar-refractivity contribution in [1.29, 1.82) is 5.26 Å². The largest absolute Gasteiger partial charge is 0.459 e. The Morgan fingerprint density at radius 3 is 2.41 bits per heavy atom. The molecule has 110 valence electrons. The van der Waals surface area contributed by atoms with Crippen molar-refractivity contribution < 1.29 is 4.42 Å². The number of hydrogen-bond acceptors (Lipinski definition) is 2. The van der Waals surface area contributed by atoms with Gasteiger partial charge in [0.25, 0.3) is 0 Å². The van der Waals surface area contributed by atoms with Gasteiger partial charge in [-0.2, -0.15) is 5.26 Å². The van der Waals surface area contributed by atoms with E-state index in [1.807, 2.05) is 24.3 Å². The van der Waals surface area contributed by atoms with Crippen molar-refractivity contribution >= 4 is 10.8 Å². The minimum atomic E-state index is -0.0914. The molecule has 0 atom stereocenters. The maximum atomic E-state index is 9.37. The van der Waals surface area contributed by atoms with Gasteiger partial charge in [-0.1, -0.05) is 50.6 Å². The first-order valence-electron chi connectivity index (χ1n) is 7.45. The second-order valence-electron chi connectivity index (χ2n) is 6.72. The molecule has 0 unspecified atom stereocenters. The summed E-state index contributed by atoms with van der Waals surface area (Å²) in [4.78, 5) is 0. The van der Waals surface area contributed by atoms with Gasteiger partial charge in [-0.05, 0) is 25.1 Å². The molecule has 0 aliphatic carbocycles. The van der Waals surface area contributed by atoms with Gasteiger partial charge >= 0.3 is 0 Å². The Hall–Kier alpha value is -2.53. The molecule has 22 heavy (non-hydrogen) atoms. The highest BCUT2D eigenvalue weighted by molar-refractivity contribution is 5.98. The Morgan fingerprint density at radius 2 is 1.73 bits per heavy atom. The molecule has 0 bridgehead atoms. The van der Waals surface area contributed by atoms with E-state index in [0.717, 1.165) is 27.9 Å². The van der Waals surface area contributed by atoms with Gasteiger partial charge in [-0.15, -0.1) is 0 Å². The highest BCUT2D eigenvalue weighted by Crippen LogP contribution is 2.40. The predicted octanol–water partition coefficient (Wildman–Crippen LogP) is 5.58. The number of aryl methyl sites for hydroxylation is 1. The van der Waals surface area contributed by atoms with Crippen molar-refractivity contribution in [3.8, 4) is 17.4 Å². The van der Waals surface area contributed by atoms with Crippen molar-refractivity contribution in [1.82, 2.24) is 0 Å². The molecule has 0 aliphatic rings. The van der Waals surface area contributed by atoms with Crippen LogP contribution in [0.2, 0.25) is 0 Å². The maximum absolute atomic E-state index is 9.37. The molecule has 0 saturated carbocycles. The zero-order valence-electron chi connectivity index (χ0n) is 13.4. The Balaban J connectivity index is 2.39. The van der Waals surface area contributed by atoms with E-state index in [-0.39, 0.29) is 5.41 Å². The predicted molar refractivity (Wildman–Crippen MR) is 89.8 cm³/mol. The summed E-state index contributed by atoms with van der Waals surface area (Å²) in [6.07, 6.45) is 0. The fraction of sp³-hybridized carbons (Fsp3) is 0.250. The van der Waals surface area contributed by atoms with Crippen LogP contribution >= 0.6 is 0 Å². The van der Waals surface area contributed by atoms with E-state index in [2.05, 4.69) is 52.0 Å². The number of nitriles is 1. The fourth-order valence-electron chi connectivity index (χ4n) is 2.79. The second kappa shape index (κ2) is 5.03. The first kappa shape index (κ1) is 14.4. The third-order valence-corrected chi connectivity index (χ3v) is 3.84. The van der Waals surface area contributed by atoms with Crippen LogP contribution in [0.25, 0.3) is 22.1 Å². The summed E-state index contributed by atoms with van der Waals surface area (Å²) in [5, 5.41) is 11.6. The van der Waals surface area contributed by atoms with E-state index in [4.69, 9.17) is 4.42 Å². The van der Waals surface area contributed by atoms with Crippen molar-refractivity contribution in [2.75, 3.05) is 0 Å². The molecule has 0 amide bonds. The number of rotatable bonds is 1. The summed E-state index contributed by atoms with van der Waals surface area (Å²) in [6.45, 7) is 8.52. The summed E-state index contributed by atoms with van der Waals surface area (Å²) >= 11 is 0. The normalized spacial score (nSPS) is 11.6. The van der Waals surface area contributed by atoms with Gasteiger partial charge in [0.2, 0.25) is 0 Å². The molecule has 2 aromatic carbocycles. The number of nitrogens with zero attached hydrogens (tertiary/aromatic N) is 1. The quantitative estimate of drug-likeness (QED) is 0.586. The molecule has 1 heterocycles. The van der Waals surface area contributed by atoms with E-state index >= 15 is 0 Å². The highest BCUT2D eigenvalue weighted by Gasteiger charge is 2.25. The average Bonchev–Trinajstić information content (AvgIpc) is 2.85. The molecular formula is C20H19NO. The lowest BCUT2D eigenvalue weighted by Gasteiger charge is -2.15. The van der Waals surface area contributed by atoms with Crippen LogP contribution in [0.15, 0.2) is 46.9 Å². The van der Waals surface area contributed by atoms with Gasteiger partial charge < -0.3 is 4.42 Å². The van der Waals surface area contributed by atoms with Crippen LogP contribution in [0, 0.1) is 18.3 Å². The standard InChI is InChI=1S/C20H19NO/c1-13-9-10-16-17(11-13)19(20(2,3)4)22-18(16)15-8-6-5-7-14(15)12-21/h5-11H,1-4H3. The Morgan fingerprint density at radius 1 is 1.00 bits per heavy atom. The van der Waals surface area contributed by atoms with Crippen molar-refractivity contribution in [2.24, 2.45) is 0 Å². The first-order valence-corrected chi connectivity index (χ1v) is 7.45. The molecule has 0 spiro atoms. The summed E-state index contributed by atoms with van der Waals surface area (Å²) in [7, 11) is 0. The van der Waals surface area contributed by atoms with Gasteiger partial charge in [0.15, 0.2) is 0 Å². The third kappa shape index (κ3) is 2.29. The Bertz CT molecular complexity index is 888. The zero-order valence-corrected chi connectivity index (χ0v) is 13.4. The van der Waals surface area contributed by atoms with Crippen LogP contribution in [0.4, 0.5) is 0 Å². The van der Waals surface area contributed by atoms with Crippen LogP contribution in [-0.2, 0) is 5.41 Å². The Labute approximate surface area is 131 Å². The fourth-order valence-corrected chi connectivity index (χ4v) is 2.79. The lowest BCUT2D eigenvalue weighted by Crippen LogP contribution is -2.09. The van der Waals surface area contributed by atoms with Crippen LogP contribution in [0.3, 0.4) is 0 Å². The highest BCUT2D eigenvalue weighted by atomic mass is 16.3. The van der Waals surface area contributed by atoms with Crippen LogP contribution in [0.5, 0.6) is 0 Å². The molecule has 0 saturated heterocycles. The molecule has 2 nitrogen and oxygen atoms in total. The van der Waals surface area contributed by atoms with E-state index in [1.165, 1.54) is 5.56 Å². The second-order valence-corrected chi connectivity index (χ2v) is 6.72. The van der Waals surface area contributed by atoms with E-state index in [9.17, 15) is 5.26 Å². The lowest BCUT2D eigenvalue weighted by molar-refractivity contribution is 0.422. The van der Waals surface area contributed by atoms with Gasteiger partial charge in [-0.25, -0.2) is 0 Å². The molecule has 2 heteroatoms. The van der Waals surface area contributed by atoms with Gasteiger partial charge in [-0.3, -0.25) is 0 Å². The van der Waals surface area contributed by atoms with Gasteiger partial charge in [0, 0.05) is 21.8 Å². The first-order chi connectivity index (χ1) is 10.4. The molecule has 0 radical (unpaired) electrons. The number of furan rings is 1. The molecular weight excluding hydrogens is 270 g/mol. The van der Waals surface area contributed by atoms with Crippen LogP contribution < -0.4 is 0 Å². The van der Waals surface area contributed by atoms with E-state index in [1.54, 1.807) is 0 Å². The number of fused-ring (bicyclic) bond motifs is 1. The summed E-state index contributed by atoms with van der Waals surface area (Å²) in [5.41, 5.74) is 2.61. The summed E-state index contributed by atoms with van der Waals surface area (Å²) < 4.78 is 6.26. The monoisotopic (exact) mass is 289 g/mol. The van der Waals surface area contributed by atoms with Crippen molar-refractivity contribution in [3.05, 3.63) is 59.4 Å². The van der Waals surface area contributed by atoms with Gasteiger partial charge in [0.05, 0.1) is 11.6 Å². The van der Waals surface area contributed by atoms with E-state index in [0.29, 0.717) is 5.56 Å². The third-order valence-electron chi connectivity index (χ3n) is 3.84. The number of benzene rings is 2. The minimum Gasteiger partial charge on any atom is -0.459 e. The molecule has 0 N–H and O–H groups in total. The van der Waals surface area contributed by atoms with Crippen LogP contribution in [-0.4, -0.2) is 0 Å². The van der Waals surface area contributed by atoms with Crippen LogP contribution in [0.1, 0.15) is 37.7 Å². The minimum absolute atomic E-state index is 0.0914. The average molecular weight is 289 g/mol. The molecule has 3 rings (SSSR count). The van der Waals surface area contributed by atoms with Crippen molar-refractivity contribution in [2.45, 2.75) is 33.1 Å². The van der Waals surface area contributed by atoms with E-state index < -0.39 is 0 Å². The van der Waals surface area contributed by atoms with Crippen molar-refractivity contribution in [3.63, 3.8) is 0 Å².